The van der Waals surface area contributed by atoms with Crippen LogP contribution in [-0.2, 0) is 4.74 Å². The van der Waals surface area contributed by atoms with Gasteiger partial charge in [0.2, 0.25) is 0 Å². The Kier molecular flexibility index (Phi) is 4.63. The van der Waals surface area contributed by atoms with Crippen molar-refractivity contribution in [3.8, 4) is 0 Å². The molecular formula is C13H16N2O4. The number of nitrogens with one attached hydrogen (secondary N) is 1. The molecule has 0 aromatic heterocycles. The number of carbonyl (C=O) groups is 2. The van der Waals surface area contributed by atoms with Crippen molar-refractivity contribution in [3.05, 3.63) is 35.4 Å². The summed E-state index contributed by atoms with van der Waals surface area (Å²) in [7, 11) is 0. The average molecular weight is 264 g/mol. The van der Waals surface area contributed by atoms with Crippen molar-refractivity contribution in [2.24, 2.45) is 5.10 Å². The van der Waals surface area contributed by atoms with Crippen LogP contribution in [0.2, 0.25) is 0 Å². The number of hydrogen-bond acceptors (Lipinski definition) is 4. The van der Waals surface area contributed by atoms with Crippen LogP contribution in [-0.4, -0.2) is 29.0 Å². The monoisotopic (exact) mass is 264 g/mol. The zero-order chi connectivity index (χ0) is 14.5. The summed E-state index contributed by atoms with van der Waals surface area (Å²) >= 11 is 0. The molecule has 1 amide bonds. The summed E-state index contributed by atoms with van der Waals surface area (Å²) in [6.45, 7) is 5.23. The molecule has 1 rings (SSSR count). The number of carboxylic acid groups (broad SMARTS) is 1. The number of rotatable bonds is 3. The van der Waals surface area contributed by atoms with Gasteiger partial charge in [-0.3, -0.25) is 0 Å². The first-order valence-corrected chi connectivity index (χ1v) is 5.63. The highest BCUT2D eigenvalue weighted by atomic mass is 16.6. The SMILES string of the molecule is CC(C)(C)OC(=O)NN=Cc1cccc(C(=O)O)c1. The zero-order valence-corrected chi connectivity index (χ0v) is 11.0. The molecule has 0 aliphatic rings. The normalized spacial score (nSPS) is 11.3. The molecule has 0 unspecified atom stereocenters. The van der Waals surface area contributed by atoms with Gasteiger partial charge in [0, 0.05) is 0 Å². The van der Waals surface area contributed by atoms with Crippen LogP contribution in [0.25, 0.3) is 0 Å². The fraction of sp³-hybridized carbons (Fsp3) is 0.308. The van der Waals surface area contributed by atoms with Crippen LogP contribution in [0.1, 0.15) is 36.7 Å². The van der Waals surface area contributed by atoms with Crippen molar-refractivity contribution in [3.63, 3.8) is 0 Å². The summed E-state index contributed by atoms with van der Waals surface area (Å²) in [6.07, 6.45) is 0.675. The maximum absolute atomic E-state index is 11.3. The first-order valence-electron chi connectivity index (χ1n) is 5.63. The van der Waals surface area contributed by atoms with E-state index in [9.17, 15) is 9.59 Å². The van der Waals surface area contributed by atoms with E-state index in [-0.39, 0.29) is 5.56 Å². The quantitative estimate of drug-likeness (QED) is 0.647. The molecule has 0 aliphatic heterocycles. The molecule has 0 spiro atoms. The van der Waals surface area contributed by atoms with Gasteiger partial charge in [-0.1, -0.05) is 12.1 Å². The van der Waals surface area contributed by atoms with Gasteiger partial charge in [0.1, 0.15) is 5.60 Å². The molecular weight excluding hydrogens is 248 g/mol. The summed E-state index contributed by atoms with van der Waals surface area (Å²) in [5.74, 6) is -1.02. The Balaban J connectivity index is 2.60. The Morgan fingerprint density at radius 3 is 2.63 bits per heavy atom. The van der Waals surface area contributed by atoms with Crippen LogP contribution in [0.15, 0.2) is 29.4 Å². The van der Waals surface area contributed by atoms with E-state index < -0.39 is 17.7 Å². The van der Waals surface area contributed by atoms with E-state index in [1.54, 1.807) is 32.9 Å². The first-order chi connectivity index (χ1) is 8.78. The fourth-order valence-corrected chi connectivity index (χ4v) is 1.21. The van der Waals surface area contributed by atoms with Crippen molar-refractivity contribution in [1.29, 1.82) is 0 Å². The second-order valence-corrected chi connectivity index (χ2v) is 4.80. The van der Waals surface area contributed by atoms with Crippen molar-refractivity contribution in [1.82, 2.24) is 5.43 Å². The second-order valence-electron chi connectivity index (χ2n) is 4.80. The number of nitrogens with zero attached hydrogens (tertiary/aromatic N) is 1. The van der Waals surface area contributed by atoms with E-state index in [2.05, 4.69) is 10.5 Å². The zero-order valence-electron chi connectivity index (χ0n) is 11.0. The van der Waals surface area contributed by atoms with Gasteiger partial charge >= 0.3 is 12.1 Å². The maximum Gasteiger partial charge on any atom is 0.428 e. The molecule has 0 saturated carbocycles. The summed E-state index contributed by atoms with van der Waals surface area (Å²) in [4.78, 5) is 22.0. The van der Waals surface area contributed by atoms with Gasteiger partial charge in [-0.2, -0.15) is 5.10 Å². The van der Waals surface area contributed by atoms with E-state index >= 15 is 0 Å². The molecule has 1 aromatic carbocycles. The molecule has 0 aliphatic carbocycles. The third kappa shape index (κ3) is 5.67. The highest BCUT2D eigenvalue weighted by molar-refractivity contribution is 5.91. The van der Waals surface area contributed by atoms with Crippen LogP contribution in [0.3, 0.4) is 0 Å². The number of ether oxygens (including phenoxy) is 1. The van der Waals surface area contributed by atoms with Gasteiger partial charge in [0.15, 0.2) is 0 Å². The third-order valence-electron chi connectivity index (χ3n) is 1.90. The molecule has 0 saturated heterocycles. The summed E-state index contributed by atoms with van der Waals surface area (Å²) in [5.41, 5.74) is 2.32. The molecule has 6 heteroatoms. The van der Waals surface area contributed by atoms with Gasteiger partial charge in [0.25, 0.3) is 0 Å². The molecule has 1 aromatic rings. The molecule has 2 N–H and O–H groups in total. The molecule has 0 fully saturated rings. The predicted molar refractivity (Wildman–Crippen MR) is 70.4 cm³/mol. The van der Waals surface area contributed by atoms with Crippen LogP contribution in [0, 0.1) is 0 Å². The lowest BCUT2D eigenvalue weighted by molar-refractivity contribution is 0.0529. The van der Waals surface area contributed by atoms with Crippen LogP contribution in [0.5, 0.6) is 0 Å². The largest absolute Gasteiger partial charge is 0.478 e. The Morgan fingerprint density at radius 1 is 1.37 bits per heavy atom. The lowest BCUT2D eigenvalue weighted by Gasteiger charge is -2.18. The van der Waals surface area contributed by atoms with Gasteiger partial charge in [-0.25, -0.2) is 15.0 Å². The molecule has 0 atom stereocenters. The van der Waals surface area contributed by atoms with E-state index in [4.69, 9.17) is 9.84 Å². The fourth-order valence-electron chi connectivity index (χ4n) is 1.21. The smallest absolute Gasteiger partial charge is 0.428 e. The van der Waals surface area contributed by atoms with Gasteiger partial charge in [-0.05, 0) is 38.5 Å². The van der Waals surface area contributed by atoms with Crippen molar-refractivity contribution in [2.45, 2.75) is 26.4 Å². The van der Waals surface area contributed by atoms with Crippen molar-refractivity contribution < 1.29 is 19.4 Å². The Hall–Kier alpha value is -2.37. The van der Waals surface area contributed by atoms with E-state index in [0.717, 1.165) is 0 Å². The van der Waals surface area contributed by atoms with Crippen molar-refractivity contribution in [2.75, 3.05) is 0 Å². The number of benzene rings is 1. The number of carboxylic acids is 1. The number of hydrogen-bond donors (Lipinski definition) is 2. The van der Waals surface area contributed by atoms with E-state index in [1.165, 1.54) is 18.3 Å². The van der Waals surface area contributed by atoms with Crippen LogP contribution < -0.4 is 5.43 Å². The lowest BCUT2D eigenvalue weighted by Crippen LogP contribution is -2.29. The maximum atomic E-state index is 11.3. The number of carbonyl (C=O) groups excluding carboxylic acids is 1. The predicted octanol–water partition coefficient (Wildman–Crippen LogP) is 2.24. The van der Waals surface area contributed by atoms with Gasteiger partial charge < -0.3 is 9.84 Å². The molecule has 6 nitrogen and oxygen atoms in total. The molecule has 0 heterocycles. The van der Waals surface area contributed by atoms with Crippen molar-refractivity contribution >= 4 is 18.3 Å². The number of aromatic carboxylic acids is 1. The standard InChI is InChI=1S/C13H16N2O4/c1-13(2,3)19-12(18)15-14-8-9-5-4-6-10(7-9)11(16)17/h4-8H,1-3H3,(H,15,18)(H,16,17). The van der Waals surface area contributed by atoms with Crippen LogP contribution in [0.4, 0.5) is 4.79 Å². The number of amides is 1. The highest BCUT2D eigenvalue weighted by Crippen LogP contribution is 2.06. The Morgan fingerprint density at radius 2 is 2.05 bits per heavy atom. The summed E-state index contributed by atoms with van der Waals surface area (Å²) in [6, 6.07) is 6.19. The first kappa shape index (κ1) is 14.7. The molecule has 0 radical (unpaired) electrons. The van der Waals surface area contributed by atoms with Gasteiger partial charge in [0.05, 0.1) is 11.8 Å². The summed E-state index contributed by atoms with van der Waals surface area (Å²) in [5, 5.41) is 12.5. The van der Waals surface area contributed by atoms with Gasteiger partial charge in [-0.15, -0.1) is 0 Å². The minimum Gasteiger partial charge on any atom is -0.478 e. The molecule has 0 bridgehead atoms. The minimum absolute atomic E-state index is 0.154. The average Bonchev–Trinajstić information content (AvgIpc) is 2.27. The topological polar surface area (TPSA) is 88.0 Å². The second kappa shape index (κ2) is 5.99. The molecule has 19 heavy (non-hydrogen) atoms. The highest BCUT2D eigenvalue weighted by Gasteiger charge is 2.15. The van der Waals surface area contributed by atoms with E-state index in [0.29, 0.717) is 5.56 Å². The molecule has 102 valence electrons. The minimum atomic E-state index is -1.02. The van der Waals surface area contributed by atoms with Crippen LogP contribution >= 0.6 is 0 Å². The third-order valence-corrected chi connectivity index (χ3v) is 1.90. The Labute approximate surface area is 111 Å². The van der Waals surface area contributed by atoms with E-state index in [1.807, 2.05) is 0 Å². The lowest BCUT2D eigenvalue weighted by atomic mass is 10.1. The number of hydrazone groups is 1. The Bertz CT molecular complexity index is 504. The summed E-state index contributed by atoms with van der Waals surface area (Å²) < 4.78 is 4.98.